The Balaban J connectivity index is 1.84. The van der Waals surface area contributed by atoms with Gasteiger partial charge in [-0.25, -0.2) is 4.98 Å². The zero-order chi connectivity index (χ0) is 17.8. The third-order valence-corrected chi connectivity index (χ3v) is 3.97. The van der Waals surface area contributed by atoms with E-state index in [0.29, 0.717) is 22.5 Å². The molecule has 128 valence electrons. The highest BCUT2D eigenvalue weighted by molar-refractivity contribution is 6.32. The molecule has 0 amide bonds. The summed E-state index contributed by atoms with van der Waals surface area (Å²) in [6, 6.07) is 15.4. The maximum atomic E-state index is 6.17. The van der Waals surface area contributed by atoms with Gasteiger partial charge in [0.1, 0.15) is 11.6 Å². The van der Waals surface area contributed by atoms with Crippen molar-refractivity contribution < 1.29 is 4.74 Å². The molecule has 0 aliphatic rings. The molecule has 1 heterocycles. The van der Waals surface area contributed by atoms with Crippen molar-refractivity contribution in [2.75, 3.05) is 17.7 Å². The summed E-state index contributed by atoms with van der Waals surface area (Å²) in [7, 11) is 1.59. The second kappa shape index (κ2) is 7.40. The molecule has 1 aromatic heterocycles. The maximum absolute atomic E-state index is 6.17. The third kappa shape index (κ3) is 4.19. The van der Waals surface area contributed by atoms with Gasteiger partial charge in [-0.15, -0.1) is 0 Å². The number of anilines is 4. The summed E-state index contributed by atoms with van der Waals surface area (Å²) in [5.74, 6) is 1.86. The van der Waals surface area contributed by atoms with Crippen LogP contribution in [0.5, 0.6) is 5.75 Å². The van der Waals surface area contributed by atoms with Gasteiger partial charge in [-0.1, -0.05) is 29.8 Å². The van der Waals surface area contributed by atoms with E-state index in [1.165, 1.54) is 0 Å². The van der Waals surface area contributed by atoms with Gasteiger partial charge in [0.15, 0.2) is 0 Å². The highest BCUT2D eigenvalue weighted by Crippen LogP contribution is 2.29. The fourth-order valence-corrected chi connectivity index (χ4v) is 2.67. The Bertz CT molecular complexity index is 898. The van der Waals surface area contributed by atoms with E-state index in [9.17, 15) is 0 Å². The lowest BCUT2D eigenvalue weighted by Gasteiger charge is -2.12. The van der Waals surface area contributed by atoms with E-state index in [4.69, 9.17) is 16.3 Å². The fourth-order valence-electron chi connectivity index (χ4n) is 2.41. The molecule has 0 fully saturated rings. The van der Waals surface area contributed by atoms with Gasteiger partial charge in [0, 0.05) is 23.1 Å². The monoisotopic (exact) mass is 354 g/mol. The second-order valence-corrected chi connectivity index (χ2v) is 6.04. The van der Waals surface area contributed by atoms with Crippen molar-refractivity contribution in [3.05, 3.63) is 64.8 Å². The average Bonchev–Trinajstić information content (AvgIpc) is 2.57. The van der Waals surface area contributed by atoms with Gasteiger partial charge in [-0.3, -0.25) is 0 Å². The highest BCUT2D eigenvalue weighted by Gasteiger charge is 2.07. The molecule has 0 aliphatic carbocycles. The number of aromatic nitrogens is 2. The molecule has 3 aromatic rings. The standard InChI is InChI=1S/C19H19ClN4O/c1-12-6-4-5-7-16(12)23-19-21-13(2)10-18(24-19)22-14-8-9-17(25-3)15(20)11-14/h4-11H,1-3H3,(H2,21,22,23,24). The van der Waals surface area contributed by atoms with E-state index < -0.39 is 0 Å². The van der Waals surface area contributed by atoms with E-state index in [-0.39, 0.29) is 0 Å². The van der Waals surface area contributed by atoms with E-state index in [0.717, 1.165) is 22.6 Å². The lowest BCUT2D eigenvalue weighted by Crippen LogP contribution is -2.03. The quantitative estimate of drug-likeness (QED) is 0.656. The maximum Gasteiger partial charge on any atom is 0.229 e. The molecule has 0 saturated carbocycles. The minimum absolute atomic E-state index is 0.538. The first-order chi connectivity index (χ1) is 12.0. The van der Waals surface area contributed by atoms with Gasteiger partial charge >= 0.3 is 0 Å². The van der Waals surface area contributed by atoms with Crippen molar-refractivity contribution in [1.82, 2.24) is 9.97 Å². The molecule has 0 aliphatic heterocycles. The summed E-state index contributed by atoms with van der Waals surface area (Å²) in [5, 5.41) is 7.05. The van der Waals surface area contributed by atoms with Crippen LogP contribution in [0.3, 0.4) is 0 Å². The molecule has 0 unspecified atom stereocenters. The summed E-state index contributed by atoms with van der Waals surface area (Å²) in [5.41, 5.74) is 3.79. The van der Waals surface area contributed by atoms with Gasteiger partial charge < -0.3 is 15.4 Å². The molecule has 0 spiro atoms. The van der Waals surface area contributed by atoms with Crippen LogP contribution in [0, 0.1) is 13.8 Å². The SMILES string of the molecule is COc1ccc(Nc2cc(C)nc(Nc3ccccc3C)n2)cc1Cl. The molecule has 0 atom stereocenters. The van der Waals surface area contributed by atoms with Crippen LogP contribution in [-0.4, -0.2) is 17.1 Å². The number of hydrogen-bond donors (Lipinski definition) is 2. The van der Waals surface area contributed by atoms with Crippen LogP contribution < -0.4 is 15.4 Å². The Kier molecular flexibility index (Phi) is 5.05. The summed E-state index contributed by atoms with van der Waals surface area (Å²) in [6.07, 6.45) is 0. The first kappa shape index (κ1) is 17.0. The Morgan fingerprint density at radius 1 is 0.960 bits per heavy atom. The predicted octanol–water partition coefficient (Wildman–Crippen LogP) is 5.24. The number of aryl methyl sites for hydroxylation is 2. The van der Waals surface area contributed by atoms with Crippen LogP contribution in [-0.2, 0) is 0 Å². The molecule has 25 heavy (non-hydrogen) atoms. The predicted molar refractivity (Wildman–Crippen MR) is 103 cm³/mol. The first-order valence-electron chi connectivity index (χ1n) is 7.84. The van der Waals surface area contributed by atoms with E-state index in [2.05, 4.69) is 20.6 Å². The van der Waals surface area contributed by atoms with Crippen LogP contribution in [0.1, 0.15) is 11.3 Å². The highest BCUT2D eigenvalue weighted by atomic mass is 35.5. The zero-order valence-electron chi connectivity index (χ0n) is 14.3. The van der Waals surface area contributed by atoms with Gasteiger partial charge in [0.25, 0.3) is 0 Å². The van der Waals surface area contributed by atoms with Crippen molar-refractivity contribution in [2.45, 2.75) is 13.8 Å². The summed E-state index contributed by atoms with van der Waals surface area (Å²) < 4.78 is 5.17. The Morgan fingerprint density at radius 3 is 2.48 bits per heavy atom. The molecule has 5 nitrogen and oxygen atoms in total. The Hall–Kier alpha value is -2.79. The van der Waals surface area contributed by atoms with Crippen molar-refractivity contribution in [3.63, 3.8) is 0 Å². The molecular formula is C19H19ClN4O. The van der Waals surface area contributed by atoms with E-state index in [1.54, 1.807) is 13.2 Å². The fraction of sp³-hybridized carbons (Fsp3) is 0.158. The number of ether oxygens (including phenoxy) is 1. The molecule has 2 aromatic carbocycles. The lowest BCUT2D eigenvalue weighted by atomic mass is 10.2. The largest absolute Gasteiger partial charge is 0.495 e. The van der Waals surface area contributed by atoms with Crippen molar-refractivity contribution in [1.29, 1.82) is 0 Å². The van der Waals surface area contributed by atoms with Gasteiger partial charge in [-0.05, 0) is 43.7 Å². The zero-order valence-corrected chi connectivity index (χ0v) is 15.1. The van der Waals surface area contributed by atoms with Crippen LogP contribution >= 0.6 is 11.6 Å². The molecule has 2 N–H and O–H groups in total. The number of rotatable bonds is 5. The summed E-state index contributed by atoms with van der Waals surface area (Å²) in [4.78, 5) is 8.98. The first-order valence-corrected chi connectivity index (χ1v) is 8.22. The molecule has 0 bridgehead atoms. The number of hydrogen-bond acceptors (Lipinski definition) is 5. The van der Waals surface area contributed by atoms with Crippen molar-refractivity contribution in [2.24, 2.45) is 0 Å². The Labute approximate surface area is 152 Å². The molecule has 0 saturated heterocycles. The molecular weight excluding hydrogens is 336 g/mol. The number of para-hydroxylation sites is 1. The topological polar surface area (TPSA) is 59.1 Å². The van der Waals surface area contributed by atoms with Crippen LogP contribution in [0.15, 0.2) is 48.5 Å². The van der Waals surface area contributed by atoms with E-state index >= 15 is 0 Å². The summed E-state index contributed by atoms with van der Waals surface area (Å²) >= 11 is 6.17. The van der Waals surface area contributed by atoms with Gasteiger partial charge in [-0.2, -0.15) is 4.98 Å². The normalized spacial score (nSPS) is 10.4. The van der Waals surface area contributed by atoms with Crippen molar-refractivity contribution in [3.8, 4) is 5.75 Å². The lowest BCUT2D eigenvalue weighted by molar-refractivity contribution is 0.415. The molecule has 0 radical (unpaired) electrons. The van der Waals surface area contributed by atoms with Gasteiger partial charge in [0.2, 0.25) is 5.95 Å². The minimum Gasteiger partial charge on any atom is -0.495 e. The summed E-state index contributed by atoms with van der Waals surface area (Å²) in [6.45, 7) is 3.97. The van der Waals surface area contributed by atoms with Gasteiger partial charge in [0.05, 0.1) is 12.1 Å². The van der Waals surface area contributed by atoms with Crippen LogP contribution in [0.2, 0.25) is 5.02 Å². The average molecular weight is 355 g/mol. The molecule has 3 rings (SSSR count). The smallest absolute Gasteiger partial charge is 0.229 e. The number of nitrogens with zero attached hydrogens (tertiary/aromatic N) is 2. The number of methoxy groups -OCH3 is 1. The van der Waals surface area contributed by atoms with Crippen LogP contribution in [0.4, 0.5) is 23.1 Å². The minimum atomic E-state index is 0.538. The van der Waals surface area contributed by atoms with Crippen LogP contribution in [0.25, 0.3) is 0 Å². The van der Waals surface area contributed by atoms with E-state index in [1.807, 2.05) is 56.3 Å². The number of benzene rings is 2. The number of nitrogens with one attached hydrogen (secondary N) is 2. The van der Waals surface area contributed by atoms with Crippen molar-refractivity contribution >= 4 is 34.7 Å². The Morgan fingerprint density at radius 2 is 1.76 bits per heavy atom. The second-order valence-electron chi connectivity index (χ2n) is 5.63. The third-order valence-electron chi connectivity index (χ3n) is 3.67. The molecule has 6 heteroatoms. The number of halogens is 1.